The number of phosphoric ester groups is 1. The fraction of sp³-hybridized carbons (Fsp3) is 0.426. The highest BCUT2D eigenvalue weighted by Crippen LogP contribution is 2.66. The number of aryl methyl sites for hydroxylation is 1. The first-order valence-corrected chi connectivity index (χ1v) is 27.7. The molecule has 72 heavy (non-hydrogen) atoms. The lowest BCUT2D eigenvalue weighted by Gasteiger charge is -2.36. The van der Waals surface area contributed by atoms with Crippen LogP contribution in [0, 0.1) is 0 Å². The molecule has 7 N–H and O–H groups in total. The first kappa shape index (κ1) is 54.6. The maximum atomic E-state index is 14.4. The third-order valence-corrected chi connectivity index (χ3v) is 16.7. The van der Waals surface area contributed by atoms with Crippen LogP contribution in [0.2, 0.25) is 0 Å². The van der Waals surface area contributed by atoms with Gasteiger partial charge in [0.2, 0.25) is 11.3 Å². The van der Waals surface area contributed by atoms with Gasteiger partial charge in [0.25, 0.3) is 11.5 Å². The Kier molecular flexibility index (Phi) is 16.5. The largest absolute Gasteiger partial charge is 0.490 e. The monoisotopic (exact) mass is 1060 g/mol. The lowest BCUT2D eigenvalue weighted by molar-refractivity contribution is -0.121. The van der Waals surface area contributed by atoms with E-state index in [0.29, 0.717) is 12.0 Å². The minimum absolute atomic E-state index is 0.00502. The van der Waals surface area contributed by atoms with E-state index >= 15 is 0 Å². The summed E-state index contributed by atoms with van der Waals surface area (Å²) >= 11 is 0. The summed E-state index contributed by atoms with van der Waals surface area (Å²) in [5.41, 5.74) is 6.16. The van der Waals surface area contributed by atoms with Crippen LogP contribution in [-0.4, -0.2) is 117 Å². The number of aliphatic hydroxyl groups is 1. The maximum absolute atomic E-state index is 14.4. The molecule has 2 aliphatic heterocycles. The highest BCUT2D eigenvalue weighted by molar-refractivity contribution is 7.66. The van der Waals surface area contributed by atoms with Crippen molar-refractivity contribution in [1.82, 2.24) is 24.3 Å². The van der Waals surface area contributed by atoms with E-state index in [1.165, 1.54) is 34.2 Å². The number of ether oxygens (including phenoxy) is 1. The van der Waals surface area contributed by atoms with Crippen LogP contribution in [-0.2, 0) is 48.2 Å². The Labute approximate surface area is 414 Å². The number of H-pyrrole nitrogens is 1. The smallest absolute Gasteiger partial charge is 0.390 e. The molecule has 7 rings (SSSR count). The number of aliphatic hydroxyl groups excluding tert-OH is 1. The molecule has 3 aromatic carbocycles. The van der Waals surface area contributed by atoms with E-state index in [-0.39, 0.29) is 48.7 Å². The van der Waals surface area contributed by atoms with Crippen LogP contribution in [0.5, 0.6) is 0 Å². The van der Waals surface area contributed by atoms with E-state index in [4.69, 9.17) is 14.5 Å². The summed E-state index contributed by atoms with van der Waals surface area (Å²) in [4.78, 5) is 95.1. The van der Waals surface area contributed by atoms with E-state index in [1.54, 1.807) is 11.9 Å². The van der Waals surface area contributed by atoms with Gasteiger partial charge >= 0.3 is 29.2 Å². The number of nitrogens with one attached hydrogen (secondary N) is 2. The van der Waals surface area contributed by atoms with Gasteiger partial charge in [-0.3, -0.25) is 28.5 Å². The Hall–Kier alpha value is -5.18. The van der Waals surface area contributed by atoms with Crippen LogP contribution in [0.3, 0.4) is 0 Å². The van der Waals surface area contributed by atoms with Gasteiger partial charge in [0, 0.05) is 88.0 Å². The number of anilines is 1. The summed E-state index contributed by atoms with van der Waals surface area (Å²) < 4.78 is 55.5. The van der Waals surface area contributed by atoms with Crippen molar-refractivity contribution in [2.24, 2.45) is 0 Å². The molecular weight excluding hydrogens is 997 g/mol. The molecule has 388 valence electrons. The molecule has 5 atom stereocenters. The molecule has 0 bridgehead atoms. The normalized spacial score (nSPS) is 20.0. The van der Waals surface area contributed by atoms with Crippen molar-refractivity contribution in [3.8, 4) is 0 Å². The Balaban J connectivity index is 0.986. The quantitative estimate of drug-likeness (QED) is 0.0525. The second kappa shape index (κ2) is 21.7. The third-order valence-electron chi connectivity index (χ3n) is 12.9. The molecule has 1 aromatic heterocycles. The number of fused-ring (bicyclic) bond motifs is 3. The van der Waals surface area contributed by atoms with E-state index in [9.17, 15) is 47.8 Å². The first-order valence-electron chi connectivity index (χ1n) is 23.2. The predicted molar refractivity (Wildman–Crippen MR) is 266 cm³/mol. The van der Waals surface area contributed by atoms with Gasteiger partial charge in [0.05, 0.1) is 18.3 Å². The Morgan fingerprint density at radius 3 is 2.43 bits per heavy atom. The maximum Gasteiger partial charge on any atom is 0.490 e. The summed E-state index contributed by atoms with van der Waals surface area (Å²) in [6.45, 7) is 7.98. The van der Waals surface area contributed by atoms with Crippen molar-refractivity contribution in [2.45, 2.75) is 76.7 Å². The van der Waals surface area contributed by atoms with Gasteiger partial charge in [0.15, 0.2) is 0 Å². The number of aromatic nitrogens is 2. The summed E-state index contributed by atoms with van der Waals surface area (Å²) in [5.74, 6) is -0.497. The number of phosphoric acid groups is 3. The molecule has 0 radical (unpaired) electrons. The second-order valence-corrected chi connectivity index (χ2v) is 22.9. The Bertz CT molecular complexity index is 3200. The standard InChI is InChI=1S/C47H59N6O16P3/c1-7-52-22-11-14-29-23-35-37(25-38(29)52)47(2,3)36-24-31(50(4)5)18-19-34(36)43(35)32-15-8-9-16-33(32)45(57)51(6)21-12-17-41(55)48-20-10-13-30-27-53(46(58)49-44(30)56)42-26-39(54)40(67-42)28-66-71(62,63)69-72(64,65)68-70(59,60)61/h8-10,13,15-16,18-19,23-25,27,39-40,42,54H,7,11-12,14,17,20-22,26,28H2,1-6H3,(H5-,48,49,55,56,58,59,60,61,62,63,64,65)/p+1/b13-10+/t39-,40+,42+/m0/s1. The zero-order valence-electron chi connectivity index (χ0n) is 40.6. The van der Waals surface area contributed by atoms with Crippen LogP contribution >= 0.6 is 23.5 Å². The van der Waals surface area contributed by atoms with Gasteiger partial charge in [-0.15, -0.1) is 0 Å². The summed E-state index contributed by atoms with van der Waals surface area (Å²) in [6, 6.07) is 19.0. The average molecular weight is 1060 g/mol. The van der Waals surface area contributed by atoms with E-state index < -0.39 is 59.8 Å². The Morgan fingerprint density at radius 2 is 1.72 bits per heavy atom. The Morgan fingerprint density at radius 1 is 0.986 bits per heavy atom. The minimum atomic E-state index is -5.79. The van der Waals surface area contributed by atoms with Crippen molar-refractivity contribution in [3.05, 3.63) is 137 Å². The van der Waals surface area contributed by atoms with Gasteiger partial charge < -0.3 is 44.5 Å². The molecule has 0 spiro atoms. The number of benzene rings is 3. The molecule has 1 aliphatic carbocycles. The number of carbonyl (C=O) groups is 2. The predicted octanol–water partition coefficient (Wildman–Crippen LogP) is 2.62. The number of carbonyl (C=O) groups excluding carboxylic acids is 2. The van der Waals surface area contributed by atoms with Crippen LogP contribution in [0.4, 0.5) is 5.69 Å². The van der Waals surface area contributed by atoms with Gasteiger partial charge in [-0.1, -0.05) is 50.3 Å². The van der Waals surface area contributed by atoms with Crippen LogP contribution < -0.4 is 36.6 Å². The summed E-state index contributed by atoms with van der Waals surface area (Å²) in [5, 5.41) is 15.6. The lowest BCUT2D eigenvalue weighted by Crippen LogP contribution is -2.43. The number of hydrogen-bond donors (Lipinski definition) is 7. The average Bonchev–Trinajstić information content (AvgIpc) is 3.67. The molecule has 1 fully saturated rings. The van der Waals surface area contributed by atoms with Crippen molar-refractivity contribution in [2.75, 3.05) is 58.8 Å². The van der Waals surface area contributed by atoms with Crippen LogP contribution in [0.25, 0.3) is 11.6 Å². The highest BCUT2D eigenvalue weighted by Gasteiger charge is 2.43. The number of amides is 2. The van der Waals surface area contributed by atoms with Crippen LogP contribution in [0.1, 0.15) is 96.4 Å². The topological polar surface area (TPSA) is 300 Å². The van der Waals surface area contributed by atoms with Gasteiger partial charge in [0.1, 0.15) is 25.4 Å². The van der Waals surface area contributed by atoms with Crippen molar-refractivity contribution in [1.29, 1.82) is 0 Å². The van der Waals surface area contributed by atoms with Gasteiger partial charge in [-0.05, 0) is 77.1 Å². The highest BCUT2D eigenvalue weighted by atomic mass is 31.3. The number of rotatable bonds is 19. The zero-order valence-corrected chi connectivity index (χ0v) is 43.3. The molecule has 4 aromatic rings. The van der Waals surface area contributed by atoms with E-state index in [2.05, 4.69) is 84.0 Å². The third kappa shape index (κ3) is 12.4. The lowest BCUT2D eigenvalue weighted by atomic mass is 9.68. The molecule has 3 heterocycles. The fourth-order valence-electron chi connectivity index (χ4n) is 9.35. The van der Waals surface area contributed by atoms with Crippen molar-refractivity contribution < 1.29 is 65.8 Å². The molecule has 25 heteroatoms. The molecule has 2 unspecified atom stereocenters. The van der Waals surface area contributed by atoms with Crippen molar-refractivity contribution >= 4 is 52.6 Å². The number of aromatic amines is 1. The van der Waals surface area contributed by atoms with E-state index in [1.807, 2.05) is 38.4 Å². The van der Waals surface area contributed by atoms with Crippen molar-refractivity contribution in [3.63, 3.8) is 0 Å². The van der Waals surface area contributed by atoms with Gasteiger partial charge in [-0.2, -0.15) is 8.62 Å². The molecule has 3 aliphatic rings. The summed E-state index contributed by atoms with van der Waals surface area (Å²) in [7, 11) is -11.2. The van der Waals surface area contributed by atoms with Crippen LogP contribution in [0.15, 0.2) is 76.5 Å². The molecular formula is C47H60N6O16P3+. The number of nitrogens with zero attached hydrogens (tertiary/aromatic N) is 4. The molecule has 22 nitrogen and oxygen atoms in total. The van der Waals surface area contributed by atoms with E-state index in [0.717, 1.165) is 64.3 Å². The second-order valence-electron chi connectivity index (χ2n) is 18.5. The SMILES string of the molecule is CC[N+]1=c2cc3c(cc2CCC1)=C(c1ccccc1C(=O)N(C)CCCC(=O)NC/C=C/c1cn([C@H]2C[C@H](O)[C@@H](COP(=O)(O)OP(=O)(O)OP(=O)(O)O)O2)c(=O)[nH]c1=O)c1ccc(N(C)C)cc1C3(C)C. The van der Waals surface area contributed by atoms with Gasteiger partial charge in [-0.25, -0.2) is 23.1 Å². The first-order chi connectivity index (χ1) is 33.8. The fourth-order valence-corrected chi connectivity index (χ4v) is 12.4. The number of hydrogen-bond acceptors (Lipinski definition) is 13. The molecule has 0 saturated carbocycles. The zero-order chi connectivity index (χ0) is 52.5. The molecule has 1 saturated heterocycles. The summed E-state index contributed by atoms with van der Waals surface area (Å²) in [6.07, 6.45) is 2.01. The molecule has 2 amide bonds. The minimum Gasteiger partial charge on any atom is -0.390 e.